The van der Waals surface area contributed by atoms with Crippen LogP contribution in [0.2, 0.25) is 0 Å². The van der Waals surface area contributed by atoms with Crippen molar-refractivity contribution >= 4 is 21.6 Å². The second-order valence-corrected chi connectivity index (χ2v) is 5.81. The lowest BCUT2D eigenvalue weighted by Gasteiger charge is -2.15. The first-order valence-electron chi connectivity index (χ1n) is 6.59. The van der Waals surface area contributed by atoms with Crippen LogP contribution in [0.25, 0.3) is 11.4 Å². The van der Waals surface area contributed by atoms with E-state index in [1.807, 2.05) is 22.9 Å². The van der Waals surface area contributed by atoms with Gasteiger partial charge in [0, 0.05) is 23.8 Å². The summed E-state index contributed by atoms with van der Waals surface area (Å²) in [4.78, 5) is 0. The van der Waals surface area contributed by atoms with Gasteiger partial charge in [-0.05, 0) is 51.8 Å². The largest absolute Gasteiger partial charge is 0.398 e. The molecule has 0 spiro atoms. The van der Waals surface area contributed by atoms with Crippen molar-refractivity contribution in [2.24, 2.45) is 5.92 Å². The lowest BCUT2D eigenvalue weighted by atomic mass is 10.0. The molecule has 1 saturated heterocycles. The average molecular weight is 338 g/mol. The van der Waals surface area contributed by atoms with Crippen LogP contribution in [0.15, 0.2) is 22.7 Å². The summed E-state index contributed by atoms with van der Waals surface area (Å²) in [5, 5.41) is 12.0. The van der Waals surface area contributed by atoms with Crippen LogP contribution >= 0.6 is 15.9 Å². The van der Waals surface area contributed by atoms with Gasteiger partial charge in [0.15, 0.2) is 5.82 Å². The van der Waals surface area contributed by atoms with Gasteiger partial charge in [-0.2, -0.15) is 0 Å². The normalized spacial score (nSPS) is 22.3. The predicted octanol–water partition coefficient (Wildman–Crippen LogP) is 2.11. The minimum absolute atomic E-state index is 0.247. The Labute approximate surface area is 125 Å². The summed E-state index contributed by atoms with van der Waals surface area (Å²) in [5.74, 6) is 1.17. The van der Waals surface area contributed by atoms with Crippen LogP contribution in [0.5, 0.6) is 0 Å². The van der Waals surface area contributed by atoms with Crippen LogP contribution in [0.1, 0.15) is 13.3 Å². The maximum atomic E-state index is 5.92. The molecule has 1 aromatic carbocycles. The van der Waals surface area contributed by atoms with Crippen molar-refractivity contribution in [1.29, 1.82) is 0 Å². The molecule has 0 bridgehead atoms. The zero-order chi connectivity index (χ0) is 14.1. The number of benzene rings is 1. The van der Waals surface area contributed by atoms with Gasteiger partial charge in [0.2, 0.25) is 0 Å². The molecule has 2 aromatic rings. The third-order valence-corrected chi connectivity index (χ3v) is 4.63. The van der Waals surface area contributed by atoms with Gasteiger partial charge in [-0.25, -0.2) is 4.68 Å². The zero-order valence-corrected chi connectivity index (χ0v) is 12.7. The number of halogens is 1. The van der Waals surface area contributed by atoms with E-state index in [4.69, 9.17) is 10.5 Å². The second kappa shape index (κ2) is 5.49. The summed E-state index contributed by atoms with van der Waals surface area (Å²) in [6.07, 6.45) is 1.29. The summed E-state index contributed by atoms with van der Waals surface area (Å²) in [6, 6.07) is 5.70. The SMILES string of the molecule is CC1OCCC1Cn1nnnc1-c1cccc(N)c1Br. The highest BCUT2D eigenvalue weighted by atomic mass is 79.9. The predicted molar refractivity (Wildman–Crippen MR) is 78.9 cm³/mol. The number of ether oxygens (including phenoxy) is 1. The fraction of sp³-hybridized carbons (Fsp3) is 0.462. The van der Waals surface area contributed by atoms with Gasteiger partial charge in [-0.1, -0.05) is 6.07 Å². The van der Waals surface area contributed by atoms with Gasteiger partial charge in [0.1, 0.15) is 0 Å². The number of rotatable bonds is 3. The van der Waals surface area contributed by atoms with Crippen LogP contribution in [0, 0.1) is 5.92 Å². The van der Waals surface area contributed by atoms with Gasteiger partial charge in [0.05, 0.1) is 17.1 Å². The molecular weight excluding hydrogens is 322 g/mol. The Balaban J connectivity index is 1.92. The van der Waals surface area contributed by atoms with Crippen LogP contribution in [0.4, 0.5) is 5.69 Å². The number of nitrogens with two attached hydrogens (primary N) is 1. The zero-order valence-electron chi connectivity index (χ0n) is 11.2. The first-order valence-corrected chi connectivity index (χ1v) is 7.38. The maximum absolute atomic E-state index is 5.92. The molecule has 0 aliphatic carbocycles. The number of nitrogens with zero attached hydrogens (tertiary/aromatic N) is 4. The van der Waals surface area contributed by atoms with E-state index in [1.165, 1.54) is 0 Å². The van der Waals surface area contributed by atoms with Crippen molar-refractivity contribution in [3.63, 3.8) is 0 Å². The van der Waals surface area contributed by atoms with E-state index in [2.05, 4.69) is 38.4 Å². The van der Waals surface area contributed by atoms with E-state index in [0.717, 1.165) is 35.4 Å². The van der Waals surface area contributed by atoms with E-state index in [0.29, 0.717) is 11.6 Å². The molecule has 3 rings (SSSR count). The fourth-order valence-electron chi connectivity index (χ4n) is 2.48. The monoisotopic (exact) mass is 337 g/mol. The number of tetrazole rings is 1. The summed E-state index contributed by atoms with van der Waals surface area (Å²) in [6.45, 7) is 3.66. The molecular formula is C13H16BrN5O. The van der Waals surface area contributed by atoms with Gasteiger partial charge < -0.3 is 10.5 Å². The van der Waals surface area contributed by atoms with Crippen molar-refractivity contribution in [3.8, 4) is 11.4 Å². The summed E-state index contributed by atoms with van der Waals surface area (Å²) >= 11 is 3.50. The first-order chi connectivity index (χ1) is 9.66. The quantitative estimate of drug-likeness (QED) is 0.867. The average Bonchev–Trinajstić information content (AvgIpc) is 3.04. The smallest absolute Gasteiger partial charge is 0.183 e. The molecule has 6 nitrogen and oxygen atoms in total. The van der Waals surface area contributed by atoms with Crippen molar-refractivity contribution in [3.05, 3.63) is 22.7 Å². The highest BCUT2D eigenvalue weighted by Gasteiger charge is 2.26. The molecule has 2 atom stereocenters. The lowest BCUT2D eigenvalue weighted by Crippen LogP contribution is -2.19. The Hall–Kier alpha value is -1.47. The lowest BCUT2D eigenvalue weighted by molar-refractivity contribution is 0.101. The Kier molecular flexibility index (Phi) is 3.71. The molecule has 2 heterocycles. The van der Waals surface area contributed by atoms with E-state index in [-0.39, 0.29) is 6.10 Å². The number of nitrogen functional groups attached to an aromatic ring is 1. The van der Waals surface area contributed by atoms with E-state index in [1.54, 1.807) is 0 Å². The molecule has 2 unspecified atom stereocenters. The molecule has 0 saturated carbocycles. The minimum Gasteiger partial charge on any atom is -0.398 e. The Morgan fingerprint density at radius 3 is 3.10 bits per heavy atom. The maximum Gasteiger partial charge on any atom is 0.183 e. The van der Waals surface area contributed by atoms with Crippen molar-refractivity contribution < 1.29 is 4.74 Å². The molecule has 0 amide bonds. The van der Waals surface area contributed by atoms with E-state index in [9.17, 15) is 0 Å². The highest BCUT2D eigenvalue weighted by Crippen LogP contribution is 2.32. The molecule has 7 heteroatoms. The summed E-state index contributed by atoms with van der Waals surface area (Å²) in [5.41, 5.74) is 7.50. The fourth-order valence-corrected chi connectivity index (χ4v) is 2.92. The van der Waals surface area contributed by atoms with Crippen LogP contribution < -0.4 is 5.73 Å². The van der Waals surface area contributed by atoms with E-state index >= 15 is 0 Å². The second-order valence-electron chi connectivity index (χ2n) is 5.02. The molecule has 1 fully saturated rings. The Morgan fingerprint density at radius 1 is 1.50 bits per heavy atom. The highest BCUT2D eigenvalue weighted by molar-refractivity contribution is 9.10. The van der Waals surface area contributed by atoms with Gasteiger partial charge >= 0.3 is 0 Å². The number of hydrogen-bond acceptors (Lipinski definition) is 5. The minimum atomic E-state index is 0.247. The van der Waals surface area contributed by atoms with Gasteiger partial charge in [0.25, 0.3) is 0 Å². The van der Waals surface area contributed by atoms with Gasteiger partial charge in [-0.3, -0.25) is 0 Å². The van der Waals surface area contributed by atoms with Crippen molar-refractivity contribution in [2.75, 3.05) is 12.3 Å². The third kappa shape index (κ3) is 2.43. The number of aromatic nitrogens is 4. The topological polar surface area (TPSA) is 78.8 Å². The number of hydrogen-bond donors (Lipinski definition) is 1. The molecule has 106 valence electrons. The Morgan fingerprint density at radius 2 is 2.35 bits per heavy atom. The molecule has 1 aliphatic heterocycles. The first kappa shape index (κ1) is 13.5. The molecule has 2 N–H and O–H groups in total. The third-order valence-electron chi connectivity index (χ3n) is 3.74. The van der Waals surface area contributed by atoms with Crippen LogP contribution in [-0.2, 0) is 11.3 Å². The van der Waals surface area contributed by atoms with Crippen LogP contribution in [-0.4, -0.2) is 32.9 Å². The Bertz CT molecular complexity index is 615. The summed E-state index contributed by atoms with van der Waals surface area (Å²) < 4.78 is 8.25. The van der Waals surface area contributed by atoms with Crippen molar-refractivity contribution in [1.82, 2.24) is 20.2 Å². The molecule has 0 radical (unpaired) electrons. The molecule has 20 heavy (non-hydrogen) atoms. The number of anilines is 1. The molecule has 1 aliphatic rings. The van der Waals surface area contributed by atoms with E-state index < -0.39 is 0 Å². The van der Waals surface area contributed by atoms with Crippen molar-refractivity contribution in [2.45, 2.75) is 26.0 Å². The molecule has 1 aromatic heterocycles. The summed E-state index contributed by atoms with van der Waals surface area (Å²) in [7, 11) is 0. The van der Waals surface area contributed by atoms with Gasteiger partial charge in [-0.15, -0.1) is 5.10 Å². The van der Waals surface area contributed by atoms with Crippen LogP contribution in [0.3, 0.4) is 0 Å². The standard InChI is InChI=1S/C13H16BrN5O/c1-8-9(5-6-20-8)7-19-13(16-17-18-19)10-3-2-4-11(15)12(10)14/h2-4,8-9H,5-7,15H2,1H3.